The van der Waals surface area contributed by atoms with E-state index in [1.165, 1.54) is 94.6 Å². The summed E-state index contributed by atoms with van der Waals surface area (Å²) in [6.07, 6.45) is 20.2. The Morgan fingerprint density at radius 1 is 0.694 bits per heavy atom. The zero-order valence-electron chi connectivity index (χ0n) is 22.8. The lowest BCUT2D eigenvalue weighted by Gasteiger charge is -2.20. The summed E-state index contributed by atoms with van der Waals surface area (Å²) in [5.41, 5.74) is 6.46. The van der Waals surface area contributed by atoms with Crippen molar-refractivity contribution in [3.63, 3.8) is 0 Å². The van der Waals surface area contributed by atoms with E-state index in [4.69, 9.17) is 25.6 Å². The molecule has 0 aromatic heterocycles. The normalized spacial score (nSPS) is 11.5. The molecule has 1 aromatic carbocycles. The SMILES string of the molecule is CCCCCCCCCc1cccc(OP(O)O)c1CCCCCCCCC.NC(CO)(CO)CO. The zero-order chi connectivity index (χ0) is 27.1. The van der Waals surface area contributed by atoms with Crippen molar-refractivity contribution in [2.75, 3.05) is 19.8 Å². The van der Waals surface area contributed by atoms with E-state index in [0.717, 1.165) is 19.3 Å². The van der Waals surface area contributed by atoms with E-state index in [9.17, 15) is 9.79 Å². The molecule has 0 aliphatic rings. The zero-order valence-corrected chi connectivity index (χ0v) is 23.7. The van der Waals surface area contributed by atoms with Crippen molar-refractivity contribution < 1.29 is 29.6 Å². The van der Waals surface area contributed by atoms with Gasteiger partial charge in [-0.05, 0) is 42.9 Å². The Hall–Kier alpha value is -0.790. The molecule has 7 nitrogen and oxygen atoms in total. The minimum absolute atomic E-state index is 0.403. The molecule has 0 saturated heterocycles. The molecule has 0 aliphatic heterocycles. The van der Waals surface area contributed by atoms with Crippen molar-refractivity contribution in [1.29, 1.82) is 0 Å². The van der Waals surface area contributed by atoms with Crippen molar-refractivity contribution in [2.24, 2.45) is 5.73 Å². The molecule has 8 heteroatoms. The van der Waals surface area contributed by atoms with Gasteiger partial charge in [-0.2, -0.15) is 0 Å². The number of hydrogen-bond donors (Lipinski definition) is 6. The summed E-state index contributed by atoms with van der Waals surface area (Å²) in [7, 11) is -2.36. The number of hydrogen-bond acceptors (Lipinski definition) is 7. The third-order valence-corrected chi connectivity index (χ3v) is 6.79. The first-order chi connectivity index (χ1) is 17.4. The quantitative estimate of drug-likeness (QED) is 0.0907. The highest BCUT2D eigenvalue weighted by Gasteiger charge is 2.20. The van der Waals surface area contributed by atoms with Gasteiger partial charge in [0.2, 0.25) is 0 Å². The number of aryl methyl sites for hydroxylation is 1. The molecule has 0 spiro atoms. The van der Waals surface area contributed by atoms with Gasteiger partial charge in [0, 0.05) is 0 Å². The minimum atomic E-state index is -2.36. The molecule has 0 atom stereocenters. The molecule has 1 rings (SSSR count). The predicted molar refractivity (Wildman–Crippen MR) is 150 cm³/mol. The van der Waals surface area contributed by atoms with Crippen LogP contribution in [-0.2, 0) is 12.8 Å². The Kier molecular flexibility index (Phi) is 22.8. The van der Waals surface area contributed by atoms with Crippen molar-refractivity contribution in [1.82, 2.24) is 0 Å². The van der Waals surface area contributed by atoms with Gasteiger partial charge in [-0.25, -0.2) is 0 Å². The van der Waals surface area contributed by atoms with Crippen LogP contribution in [0, 0.1) is 0 Å². The van der Waals surface area contributed by atoms with Crippen molar-refractivity contribution in [2.45, 2.75) is 122 Å². The lowest BCUT2D eigenvalue weighted by atomic mass is 9.95. The molecule has 212 valence electrons. The molecule has 0 aliphatic carbocycles. The van der Waals surface area contributed by atoms with Gasteiger partial charge < -0.3 is 35.4 Å². The number of unbranched alkanes of at least 4 members (excludes halogenated alkanes) is 12. The molecule has 0 unspecified atom stereocenters. The van der Waals surface area contributed by atoms with Gasteiger partial charge in [-0.1, -0.05) is 103 Å². The molecule has 1 aromatic rings. The average Bonchev–Trinajstić information content (AvgIpc) is 2.88. The topological polar surface area (TPSA) is 136 Å². The van der Waals surface area contributed by atoms with Crippen LogP contribution in [0.5, 0.6) is 5.75 Å². The summed E-state index contributed by atoms with van der Waals surface area (Å²) >= 11 is 0. The van der Waals surface area contributed by atoms with Crippen LogP contribution in [-0.4, -0.2) is 50.5 Å². The Balaban J connectivity index is 0.00000131. The second kappa shape index (κ2) is 23.3. The monoisotopic (exact) mass is 531 g/mol. The standard InChI is InChI=1S/C24H43O3P.C4H11NO3/c1-3-5-7-9-11-13-15-18-22-19-17-21-24(27-28(25)26)23(22)20-16-14-12-10-8-6-4-2;5-4(1-6,2-7)3-8/h17,19,21,25-26H,3-16,18,20H2,1-2H3;6-8H,1-3,5H2. The first-order valence-electron chi connectivity index (χ1n) is 14.0. The van der Waals surface area contributed by atoms with Gasteiger partial charge in [-0.3, -0.25) is 0 Å². The first-order valence-corrected chi connectivity index (χ1v) is 15.1. The fraction of sp³-hybridized carbons (Fsp3) is 0.786. The van der Waals surface area contributed by atoms with Gasteiger partial charge in [0.15, 0.2) is 0 Å². The van der Waals surface area contributed by atoms with Gasteiger partial charge >= 0.3 is 8.60 Å². The van der Waals surface area contributed by atoms with Crippen LogP contribution >= 0.6 is 8.60 Å². The van der Waals surface area contributed by atoms with Gasteiger partial charge in [-0.15, -0.1) is 0 Å². The Labute approximate surface area is 221 Å². The summed E-state index contributed by atoms with van der Waals surface area (Å²) in [5.74, 6) is 0.669. The number of aliphatic hydroxyl groups is 3. The molecule has 36 heavy (non-hydrogen) atoms. The van der Waals surface area contributed by atoms with Crippen LogP contribution < -0.4 is 10.3 Å². The highest BCUT2D eigenvalue weighted by molar-refractivity contribution is 7.39. The Morgan fingerprint density at radius 3 is 1.56 bits per heavy atom. The molecule has 0 saturated carbocycles. The van der Waals surface area contributed by atoms with Gasteiger partial charge in [0.05, 0.1) is 25.4 Å². The third kappa shape index (κ3) is 17.6. The molecule has 0 bridgehead atoms. The van der Waals surface area contributed by atoms with Crippen LogP contribution in [0.1, 0.15) is 115 Å². The molecule has 0 heterocycles. The summed E-state index contributed by atoms with van der Waals surface area (Å²) in [6.45, 7) is 3.30. The lowest BCUT2D eigenvalue weighted by molar-refractivity contribution is 0.0697. The smallest absolute Gasteiger partial charge is 0.391 e. The fourth-order valence-corrected chi connectivity index (χ4v) is 4.33. The van der Waals surface area contributed by atoms with Crippen LogP contribution in [0.15, 0.2) is 18.2 Å². The highest BCUT2D eigenvalue weighted by Crippen LogP contribution is 2.34. The maximum atomic E-state index is 9.33. The van der Waals surface area contributed by atoms with E-state index in [-0.39, 0.29) is 0 Å². The Morgan fingerprint density at radius 2 is 1.14 bits per heavy atom. The third-order valence-electron chi connectivity index (χ3n) is 6.43. The predicted octanol–water partition coefficient (Wildman–Crippen LogP) is 5.52. The largest absolute Gasteiger partial charge is 0.427 e. The lowest BCUT2D eigenvalue weighted by Crippen LogP contribution is -2.50. The average molecular weight is 532 g/mol. The Bertz CT molecular complexity index is 620. The van der Waals surface area contributed by atoms with Crippen LogP contribution in [0.3, 0.4) is 0 Å². The molecule has 0 radical (unpaired) electrons. The highest BCUT2D eigenvalue weighted by atomic mass is 31.2. The van der Waals surface area contributed by atoms with Crippen LogP contribution in [0.4, 0.5) is 0 Å². The number of aliphatic hydroxyl groups excluding tert-OH is 3. The van der Waals surface area contributed by atoms with Crippen molar-refractivity contribution in [3.05, 3.63) is 29.3 Å². The number of rotatable bonds is 21. The minimum Gasteiger partial charge on any atom is -0.427 e. The van der Waals surface area contributed by atoms with Gasteiger partial charge in [0.25, 0.3) is 0 Å². The fourth-order valence-electron chi connectivity index (χ4n) is 3.98. The number of benzene rings is 1. The van der Waals surface area contributed by atoms with E-state index < -0.39 is 34.0 Å². The van der Waals surface area contributed by atoms with Crippen molar-refractivity contribution in [3.8, 4) is 5.75 Å². The maximum absolute atomic E-state index is 9.33. The van der Waals surface area contributed by atoms with Crippen LogP contribution in [0.25, 0.3) is 0 Å². The van der Waals surface area contributed by atoms with Crippen LogP contribution in [0.2, 0.25) is 0 Å². The molecular weight excluding hydrogens is 477 g/mol. The van der Waals surface area contributed by atoms with Crippen molar-refractivity contribution >= 4 is 8.60 Å². The van der Waals surface area contributed by atoms with E-state index in [0.29, 0.717) is 5.75 Å². The van der Waals surface area contributed by atoms with Gasteiger partial charge in [0.1, 0.15) is 5.75 Å². The maximum Gasteiger partial charge on any atom is 0.391 e. The second-order valence-electron chi connectivity index (χ2n) is 9.82. The molecule has 0 amide bonds. The molecule has 0 fully saturated rings. The van der Waals surface area contributed by atoms with E-state index in [1.807, 2.05) is 12.1 Å². The van der Waals surface area contributed by atoms with E-state index in [1.54, 1.807) is 0 Å². The second-order valence-corrected chi connectivity index (χ2v) is 10.5. The summed E-state index contributed by atoms with van der Waals surface area (Å²) in [6, 6.07) is 6.06. The first kappa shape index (κ1) is 35.2. The summed E-state index contributed by atoms with van der Waals surface area (Å²) < 4.78 is 5.34. The van der Waals surface area contributed by atoms with E-state index in [2.05, 4.69) is 19.9 Å². The summed E-state index contributed by atoms with van der Waals surface area (Å²) in [4.78, 5) is 18.7. The molecular formula is C28H54NO6P. The molecule has 7 N–H and O–H groups in total. The summed E-state index contributed by atoms with van der Waals surface area (Å²) in [5, 5.41) is 25.0. The van der Waals surface area contributed by atoms with E-state index >= 15 is 0 Å². The number of nitrogens with two attached hydrogens (primary N) is 1.